The second kappa shape index (κ2) is 13.0. The zero-order valence-electron chi connectivity index (χ0n) is 28.5. The smallest absolute Gasteiger partial charge is 0.657 e. The number of esters is 2. The third-order valence-electron chi connectivity index (χ3n) is 10.2. The number of ether oxygens (including phenoxy) is 2. The average Bonchev–Trinajstić information content (AvgIpc) is 3.76. The van der Waals surface area contributed by atoms with Gasteiger partial charge in [-0.05, 0) is 49.6 Å². The Morgan fingerprint density at radius 2 is 1.73 bits per heavy atom. The van der Waals surface area contributed by atoms with Gasteiger partial charge in [0, 0.05) is 17.2 Å². The Balaban J connectivity index is 0.00000468. The molecule has 5 N–H and O–H groups in total. The Morgan fingerprint density at radius 3 is 2.35 bits per heavy atom. The minimum absolute atomic E-state index is 0. The summed E-state index contributed by atoms with van der Waals surface area (Å²) in [5, 5.41) is 40.5. The van der Waals surface area contributed by atoms with E-state index in [-0.39, 0.29) is 69.5 Å². The van der Waals surface area contributed by atoms with Crippen LogP contribution in [-0.2, 0) is 19.1 Å². The van der Waals surface area contributed by atoms with Gasteiger partial charge in [0.2, 0.25) is 0 Å². The number of hydrogen-bond donors (Lipinski definition) is 4. The number of fused-ring (bicyclic) bond motifs is 8. The molecule has 12 nitrogen and oxygen atoms in total. The van der Waals surface area contributed by atoms with Crippen molar-refractivity contribution in [2.45, 2.75) is 58.3 Å². The summed E-state index contributed by atoms with van der Waals surface area (Å²) in [7, 11) is 2.53. The molecule has 254 valence electrons. The zero-order chi connectivity index (χ0) is 35.0. The topological polar surface area (TPSA) is 196 Å². The van der Waals surface area contributed by atoms with Crippen molar-refractivity contribution in [1.82, 2.24) is 15.0 Å². The van der Waals surface area contributed by atoms with E-state index in [1.54, 1.807) is 19.1 Å². The molecule has 3 aromatic rings. The number of methoxy groups -OCH3 is 2. The maximum atomic E-state index is 13.4. The SMILES string of the molecule is C=C(O)c1c(C)/c2[n-]/c1=C\c1[n-]c(c([C@@H](C)O)c1C)/C=c1\[n-]c3c(c1=C)=C(O)[C@H](C(=O)OC)C=3[C@]1(N)[N-]C(\C=2)[C@@H](C)[C@@H]1CCC(=O)OC.[Mg+2]. The van der Waals surface area contributed by atoms with Gasteiger partial charge in [0.25, 0.3) is 0 Å². The van der Waals surface area contributed by atoms with Crippen LogP contribution in [0.3, 0.4) is 0 Å². The molecule has 0 spiro atoms. The molecule has 0 amide bonds. The maximum absolute atomic E-state index is 13.4. The number of rotatable bonds is 6. The summed E-state index contributed by atoms with van der Waals surface area (Å²) >= 11 is 0. The molecule has 6 rings (SSSR count). The largest absolute Gasteiger partial charge is 2.00 e. The molecule has 13 heteroatoms. The molecule has 1 unspecified atom stereocenters. The van der Waals surface area contributed by atoms with E-state index in [4.69, 9.17) is 35.5 Å². The number of carbonyl (C=O) groups excluding carboxylic acids is 2. The fourth-order valence-electron chi connectivity index (χ4n) is 7.73. The van der Waals surface area contributed by atoms with Crippen LogP contribution >= 0.6 is 0 Å². The summed E-state index contributed by atoms with van der Waals surface area (Å²) in [6.45, 7) is 15.2. The first-order valence-electron chi connectivity index (χ1n) is 15.7. The van der Waals surface area contributed by atoms with Crippen LogP contribution in [-0.4, -0.2) is 76.2 Å². The molecule has 3 aliphatic rings. The van der Waals surface area contributed by atoms with E-state index in [1.807, 2.05) is 26.8 Å². The van der Waals surface area contributed by atoms with E-state index in [1.165, 1.54) is 14.2 Å². The van der Waals surface area contributed by atoms with Gasteiger partial charge in [-0.2, -0.15) is 0 Å². The van der Waals surface area contributed by atoms with E-state index in [0.29, 0.717) is 54.9 Å². The molecule has 0 saturated carbocycles. The van der Waals surface area contributed by atoms with Gasteiger partial charge in [-0.1, -0.05) is 54.9 Å². The van der Waals surface area contributed by atoms with Gasteiger partial charge in [-0.3, -0.25) is 9.59 Å². The Morgan fingerprint density at radius 1 is 1.06 bits per heavy atom. The molecule has 1 fully saturated rings. The van der Waals surface area contributed by atoms with Gasteiger partial charge < -0.3 is 50.8 Å². The van der Waals surface area contributed by atoms with Gasteiger partial charge in [-0.15, -0.1) is 44.9 Å². The molecule has 8 bridgehead atoms. The second-order valence-electron chi connectivity index (χ2n) is 12.9. The Kier molecular flexibility index (Phi) is 9.64. The van der Waals surface area contributed by atoms with Crippen LogP contribution in [0.5, 0.6) is 0 Å². The van der Waals surface area contributed by atoms with Crippen LogP contribution in [0.2, 0.25) is 0 Å². The van der Waals surface area contributed by atoms with Crippen molar-refractivity contribution in [3.63, 3.8) is 0 Å². The standard InChI is InChI=1S/C36H39N5O7.Mg/c1-14-20(9-10-27(44)47-7)36(37)32-31(35(46)48-8)34(45)30-17(4)23(40-33(30)32)13-26-29(19(6)43)16(3)22(39-26)12-25-28(18(5)42)15(2)21(38-25)11-24(14)41-36;/h11-14,19-20,24,31,42-43,45H,4-5,9-10,37H2,1-3,6-8H3;/q-4;+2/b21-11-,23-13-,25-12-;/t14-,19+,20-,24?,31+,36+;/m0./s1. The van der Waals surface area contributed by atoms with Crippen molar-refractivity contribution in [3.8, 4) is 0 Å². The number of nitrogens with two attached hydrogens (primary N) is 1. The summed E-state index contributed by atoms with van der Waals surface area (Å²) in [5.74, 6) is -3.79. The predicted molar refractivity (Wildman–Crippen MR) is 185 cm³/mol. The number of hydrogen-bond acceptors (Lipinski definition) is 8. The van der Waals surface area contributed by atoms with Crippen molar-refractivity contribution in [2.24, 2.45) is 23.5 Å². The summed E-state index contributed by atoms with van der Waals surface area (Å²) in [6.07, 6.45) is 4.64. The van der Waals surface area contributed by atoms with Gasteiger partial charge in [0.1, 0.15) is 17.4 Å². The quantitative estimate of drug-likeness (QED) is 0.134. The summed E-state index contributed by atoms with van der Waals surface area (Å²) in [6, 6.07) is -0.573. The fourth-order valence-corrected chi connectivity index (χ4v) is 7.73. The third kappa shape index (κ3) is 5.57. The molecule has 49 heavy (non-hydrogen) atoms. The monoisotopic (exact) mass is 677 g/mol. The number of aliphatic hydroxyl groups is 3. The predicted octanol–water partition coefficient (Wildman–Crippen LogP) is -1.53. The number of aromatic nitrogens is 3. The van der Waals surface area contributed by atoms with Crippen LogP contribution in [0.4, 0.5) is 0 Å². The Labute approximate surface area is 298 Å². The van der Waals surface area contributed by atoms with Gasteiger partial charge in [0.15, 0.2) is 0 Å². The summed E-state index contributed by atoms with van der Waals surface area (Å²) in [5.41, 5.74) is 9.26. The van der Waals surface area contributed by atoms with Crippen LogP contribution in [0.15, 0.2) is 6.58 Å². The molecule has 1 saturated heterocycles. The number of aliphatic hydroxyl groups excluding tert-OH is 3. The number of carbonyl (C=O) groups is 2. The first-order chi connectivity index (χ1) is 22.6. The van der Waals surface area contributed by atoms with Gasteiger partial charge >= 0.3 is 35.0 Å². The van der Waals surface area contributed by atoms with Crippen LogP contribution in [0, 0.1) is 31.6 Å². The molecule has 0 radical (unpaired) electrons. The van der Waals surface area contributed by atoms with Crippen molar-refractivity contribution in [3.05, 3.63) is 77.4 Å². The minimum atomic E-state index is -1.61. The van der Waals surface area contributed by atoms with Crippen LogP contribution in [0.1, 0.15) is 66.4 Å². The third-order valence-corrected chi connectivity index (χ3v) is 10.2. The average molecular weight is 678 g/mol. The van der Waals surface area contributed by atoms with E-state index in [9.17, 15) is 24.9 Å². The van der Waals surface area contributed by atoms with Crippen LogP contribution < -0.4 is 52.5 Å². The van der Waals surface area contributed by atoms with Gasteiger partial charge in [0.05, 0.1) is 20.3 Å². The van der Waals surface area contributed by atoms with Crippen molar-refractivity contribution in [1.29, 1.82) is 0 Å². The molecule has 5 heterocycles. The first kappa shape index (κ1) is 36.3. The molecule has 6 atom stereocenters. The second-order valence-corrected chi connectivity index (χ2v) is 12.9. The van der Waals surface area contributed by atoms with E-state index in [2.05, 4.69) is 13.2 Å². The first-order valence-corrected chi connectivity index (χ1v) is 15.7. The van der Waals surface area contributed by atoms with E-state index < -0.39 is 41.6 Å². The zero-order valence-corrected chi connectivity index (χ0v) is 29.9. The van der Waals surface area contributed by atoms with Crippen molar-refractivity contribution >= 4 is 76.9 Å². The molecule has 1 aliphatic carbocycles. The fraction of sp³-hybridized carbons (Fsp3) is 0.389. The van der Waals surface area contributed by atoms with Gasteiger partial charge in [-0.25, -0.2) is 0 Å². The van der Waals surface area contributed by atoms with Crippen molar-refractivity contribution in [2.75, 3.05) is 14.2 Å². The molecule has 2 aliphatic heterocycles. The minimum Gasteiger partial charge on any atom is -0.657 e. The Bertz CT molecular complexity index is 2260. The molecule has 0 aromatic carbocycles. The number of nitrogens with zero attached hydrogens (tertiary/aromatic N) is 4. The Hall–Kier alpha value is -4.01. The normalized spacial score (nSPS) is 26.4. The van der Waals surface area contributed by atoms with E-state index >= 15 is 0 Å². The summed E-state index contributed by atoms with van der Waals surface area (Å²) in [4.78, 5) is 40.4. The van der Waals surface area contributed by atoms with Crippen molar-refractivity contribution < 1.29 is 34.4 Å². The summed E-state index contributed by atoms with van der Waals surface area (Å²) < 4.78 is 10.1. The molecular weight excluding hydrogens is 639 g/mol. The maximum Gasteiger partial charge on any atom is 2.00 e. The molecule has 3 aromatic heterocycles. The molecular formula is C36H39MgN5O7-2. The van der Waals surface area contributed by atoms with E-state index in [0.717, 1.165) is 0 Å². The van der Waals surface area contributed by atoms with Crippen LogP contribution in [0.25, 0.3) is 47.2 Å².